The quantitative estimate of drug-likeness (QED) is 0.764. The van der Waals surface area contributed by atoms with Gasteiger partial charge >= 0.3 is 11.9 Å². The first-order chi connectivity index (χ1) is 8.97. The molecule has 1 aromatic rings. The van der Waals surface area contributed by atoms with Crippen LogP contribution < -0.4 is 0 Å². The fourth-order valence-corrected chi connectivity index (χ4v) is 1.70. The summed E-state index contributed by atoms with van der Waals surface area (Å²) in [7, 11) is 0. The molecule has 0 bridgehead atoms. The number of aliphatic hydroxyl groups is 1. The first-order valence-corrected chi connectivity index (χ1v) is 5.81. The van der Waals surface area contributed by atoms with Crippen LogP contribution in [0.2, 0.25) is 0 Å². The number of halogens is 1. The Balaban J connectivity index is 2.91. The predicted octanol–water partition coefficient (Wildman–Crippen LogP) is 1.44. The average Bonchev–Trinajstić information content (AvgIpc) is 2.36. The van der Waals surface area contributed by atoms with Crippen molar-refractivity contribution in [1.29, 1.82) is 0 Å². The van der Waals surface area contributed by atoms with Gasteiger partial charge in [0.1, 0.15) is 5.82 Å². The smallest absolute Gasteiger partial charge is 0.337 e. The van der Waals surface area contributed by atoms with Gasteiger partial charge in [0.15, 0.2) is 6.10 Å². The highest BCUT2D eigenvalue weighted by atomic mass is 19.1. The van der Waals surface area contributed by atoms with Crippen molar-refractivity contribution in [3.05, 3.63) is 35.1 Å². The lowest BCUT2D eigenvalue weighted by molar-refractivity contribution is -0.147. The first-order valence-electron chi connectivity index (χ1n) is 5.81. The summed E-state index contributed by atoms with van der Waals surface area (Å²) in [5.41, 5.74) is -0.0257. The molecular weight excluding hydrogens is 255 g/mol. The van der Waals surface area contributed by atoms with Crippen LogP contribution in [-0.4, -0.2) is 28.8 Å². The summed E-state index contributed by atoms with van der Waals surface area (Å²) in [6.45, 7) is 1.91. The zero-order valence-electron chi connectivity index (χ0n) is 10.4. The highest BCUT2D eigenvalue weighted by Gasteiger charge is 2.23. The molecule has 0 aliphatic heterocycles. The topological polar surface area (TPSA) is 83.8 Å². The maximum atomic E-state index is 13.6. The fraction of sp³-hybridized carbons (Fsp3) is 0.385. The van der Waals surface area contributed by atoms with E-state index in [9.17, 15) is 19.1 Å². The number of ether oxygens (including phenoxy) is 1. The molecule has 0 fully saturated rings. The van der Waals surface area contributed by atoms with Crippen molar-refractivity contribution in [2.24, 2.45) is 0 Å². The second-order valence-electron chi connectivity index (χ2n) is 3.86. The number of carbonyl (C=O) groups is 2. The number of rotatable bonds is 6. The number of carboxylic acid groups (broad SMARTS) is 1. The first kappa shape index (κ1) is 15.1. The van der Waals surface area contributed by atoms with Gasteiger partial charge in [0.05, 0.1) is 6.61 Å². The maximum Gasteiger partial charge on any atom is 0.337 e. The summed E-state index contributed by atoms with van der Waals surface area (Å²) in [5.74, 6) is -2.80. The normalized spacial score (nSPS) is 11.9. The Kier molecular flexibility index (Phi) is 5.44. The van der Waals surface area contributed by atoms with E-state index in [1.165, 1.54) is 12.1 Å². The minimum atomic E-state index is -1.95. The van der Waals surface area contributed by atoms with Crippen molar-refractivity contribution in [2.45, 2.75) is 25.9 Å². The van der Waals surface area contributed by atoms with Crippen LogP contribution in [0.1, 0.15) is 30.6 Å². The van der Waals surface area contributed by atoms with Gasteiger partial charge in [-0.1, -0.05) is 12.1 Å². The van der Waals surface area contributed by atoms with Crippen LogP contribution in [0, 0.1) is 5.82 Å². The van der Waals surface area contributed by atoms with Crippen LogP contribution in [0.15, 0.2) is 18.2 Å². The minimum absolute atomic E-state index is 0.00334. The van der Waals surface area contributed by atoms with E-state index in [-0.39, 0.29) is 30.6 Å². The molecule has 0 aliphatic rings. The molecule has 0 radical (unpaired) electrons. The van der Waals surface area contributed by atoms with E-state index < -0.39 is 23.9 Å². The lowest BCUT2D eigenvalue weighted by atomic mass is 9.98. The summed E-state index contributed by atoms with van der Waals surface area (Å²) in [6.07, 6.45) is -1.84. The maximum absolute atomic E-state index is 13.6. The Labute approximate surface area is 109 Å². The van der Waals surface area contributed by atoms with Crippen LogP contribution in [0.3, 0.4) is 0 Å². The number of carbonyl (C=O) groups excluding carboxylic acids is 1. The number of benzene rings is 1. The standard InChI is InChI=1S/C13H15FO5/c1-2-19-10(15)7-6-8-4-3-5-9(14)11(8)12(16)13(17)18/h3-5,12,16H,2,6-7H2,1H3,(H,17,18). The minimum Gasteiger partial charge on any atom is -0.479 e. The van der Waals surface area contributed by atoms with Crippen LogP contribution in [0.4, 0.5) is 4.39 Å². The Morgan fingerprint density at radius 1 is 1.42 bits per heavy atom. The molecule has 1 rings (SSSR count). The second kappa shape index (κ2) is 6.84. The van der Waals surface area contributed by atoms with Gasteiger partial charge in [-0.15, -0.1) is 0 Å². The molecule has 0 spiro atoms. The molecule has 1 aromatic carbocycles. The summed E-state index contributed by atoms with van der Waals surface area (Å²) in [4.78, 5) is 22.0. The lowest BCUT2D eigenvalue weighted by Gasteiger charge is -2.13. The Bertz CT molecular complexity index is 472. The molecule has 0 amide bonds. The highest BCUT2D eigenvalue weighted by Crippen LogP contribution is 2.23. The SMILES string of the molecule is CCOC(=O)CCc1cccc(F)c1C(O)C(=O)O. The van der Waals surface area contributed by atoms with Crippen molar-refractivity contribution in [3.63, 3.8) is 0 Å². The van der Waals surface area contributed by atoms with Gasteiger partial charge in [-0.05, 0) is 25.0 Å². The van der Waals surface area contributed by atoms with E-state index in [1.807, 2.05) is 0 Å². The molecule has 19 heavy (non-hydrogen) atoms. The molecule has 0 saturated carbocycles. The summed E-state index contributed by atoms with van der Waals surface area (Å²) in [5, 5.41) is 18.2. The van der Waals surface area contributed by atoms with Crippen LogP contribution in [0.5, 0.6) is 0 Å². The molecule has 0 saturated heterocycles. The van der Waals surface area contributed by atoms with Crippen molar-refractivity contribution in [2.75, 3.05) is 6.61 Å². The van der Waals surface area contributed by atoms with E-state index in [1.54, 1.807) is 6.92 Å². The molecule has 104 valence electrons. The van der Waals surface area contributed by atoms with Crippen molar-refractivity contribution < 1.29 is 28.9 Å². The zero-order valence-corrected chi connectivity index (χ0v) is 10.4. The third-order valence-electron chi connectivity index (χ3n) is 2.55. The Morgan fingerprint density at radius 2 is 2.11 bits per heavy atom. The second-order valence-corrected chi connectivity index (χ2v) is 3.86. The third-order valence-corrected chi connectivity index (χ3v) is 2.55. The zero-order chi connectivity index (χ0) is 14.4. The summed E-state index contributed by atoms with van der Waals surface area (Å²) >= 11 is 0. The Hall–Kier alpha value is -1.95. The number of aliphatic carboxylic acids is 1. The summed E-state index contributed by atoms with van der Waals surface area (Å²) in [6, 6.07) is 3.94. The largest absolute Gasteiger partial charge is 0.479 e. The lowest BCUT2D eigenvalue weighted by Crippen LogP contribution is -2.15. The number of esters is 1. The van der Waals surface area contributed by atoms with Gasteiger partial charge in [0, 0.05) is 12.0 Å². The van der Waals surface area contributed by atoms with Crippen LogP contribution in [0.25, 0.3) is 0 Å². The number of hydrogen-bond acceptors (Lipinski definition) is 4. The highest BCUT2D eigenvalue weighted by molar-refractivity contribution is 5.75. The van der Waals surface area contributed by atoms with E-state index in [4.69, 9.17) is 9.84 Å². The van der Waals surface area contributed by atoms with Crippen molar-refractivity contribution in [3.8, 4) is 0 Å². The van der Waals surface area contributed by atoms with Gasteiger partial charge in [-0.25, -0.2) is 9.18 Å². The van der Waals surface area contributed by atoms with Crippen LogP contribution in [-0.2, 0) is 20.7 Å². The molecule has 5 nitrogen and oxygen atoms in total. The number of aliphatic hydroxyl groups excluding tert-OH is 1. The third kappa shape index (κ3) is 4.03. The van der Waals surface area contributed by atoms with Crippen molar-refractivity contribution >= 4 is 11.9 Å². The van der Waals surface area contributed by atoms with E-state index in [2.05, 4.69) is 0 Å². The van der Waals surface area contributed by atoms with Gasteiger partial charge in [-0.2, -0.15) is 0 Å². The van der Waals surface area contributed by atoms with E-state index in [0.29, 0.717) is 0 Å². The van der Waals surface area contributed by atoms with Gasteiger partial charge in [0.2, 0.25) is 0 Å². The molecule has 0 aromatic heterocycles. The van der Waals surface area contributed by atoms with Crippen LogP contribution >= 0.6 is 0 Å². The monoisotopic (exact) mass is 270 g/mol. The van der Waals surface area contributed by atoms with E-state index in [0.717, 1.165) is 6.07 Å². The van der Waals surface area contributed by atoms with Gasteiger partial charge < -0.3 is 14.9 Å². The molecular formula is C13H15FO5. The van der Waals surface area contributed by atoms with Gasteiger partial charge in [-0.3, -0.25) is 4.79 Å². The molecule has 2 N–H and O–H groups in total. The molecule has 6 heteroatoms. The number of carboxylic acids is 1. The molecule has 1 unspecified atom stereocenters. The fourth-order valence-electron chi connectivity index (χ4n) is 1.70. The summed E-state index contributed by atoms with van der Waals surface area (Å²) < 4.78 is 18.3. The Morgan fingerprint density at radius 3 is 2.68 bits per heavy atom. The predicted molar refractivity (Wildman–Crippen MR) is 63.9 cm³/mol. The number of hydrogen-bond donors (Lipinski definition) is 2. The van der Waals surface area contributed by atoms with Gasteiger partial charge in [0.25, 0.3) is 0 Å². The average molecular weight is 270 g/mol. The van der Waals surface area contributed by atoms with Crippen molar-refractivity contribution in [1.82, 2.24) is 0 Å². The van der Waals surface area contributed by atoms with E-state index >= 15 is 0 Å². The molecule has 1 atom stereocenters. The molecule has 0 aliphatic carbocycles. The number of aryl methyl sites for hydroxylation is 1. The molecule has 0 heterocycles.